The first-order valence-electron chi connectivity index (χ1n) is 5.23. The standard InChI is InChI=1S/C13H19NO2/c1-13(2,3)14-9-10-6-7-11(15-4)12(8-10)16-5/h6-9H,1-5H3. The molecule has 88 valence electrons. The van der Waals surface area contributed by atoms with Crippen molar-refractivity contribution in [2.24, 2.45) is 4.99 Å². The zero-order chi connectivity index (χ0) is 12.2. The van der Waals surface area contributed by atoms with Gasteiger partial charge in [0, 0.05) is 6.21 Å². The Morgan fingerprint density at radius 2 is 1.69 bits per heavy atom. The second-order valence-electron chi connectivity index (χ2n) is 4.54. The van der Waals surface area contributed by atoms with Gasteiger partial charge in [-0.3, -0.25) is 4.99 Å². The number of hydrogen-bond donors (Lipinski definition) is 0. The van der Waals surface area contributed by atoms with Gasteiger partial charge in [0.25, 0.3) is 0 Å². The predicted molar refractivity (Wildman–Crippen MR) is 66.9 cm³/mol. The van der Waals surface area contributed by atoms with E-state index in [-0.39, 0.29) is 5.54 Å². The molecule has 0 heterocycles. The van der Waals surface area contributed by atoms with Crippen molar-refractivity contribution in [2.75, 3.05) is 14.2 Å². The third kappa shape index (κ3) is 3.57. The van der Waals surface area contributed by atoms with E-state index in [1.807, 2.05) is 24.4 Å². The quantitative estimate of drug-likeness (QED) is 0.735. The molecule has 0 aliphatic rings. The molecule has 3 nitrogen and oxygen atoms in total. The molecular formula is C13H19NO2. The number of methoxy groups -OCH3 is 2. The van der Waals surface area contributed by atoms with E-state index >= 15 is 0 Å². The average molecular weight is 221 g/mol. The number of ether oxygens (including phenoxy) is 2. The van der Waals surface area contributed by atoms with E-state index in [9.17, 15) is 0 Å². The van der Waals surface area contributed by atoms with Crippen LogP contribution in [0.4, 0.5) is 0 Å². The van der Waals surface area contributed by atoms with Gasteiger partial charge in [0.2, 0.25) is 0 Å². The maximum atomic E-state index is 5.22. The highest BCUT2D eigenvalue weighted by molar-refractivity contribution is 5.81. The molecule has 0 saturated carbocycles. The molecule has 0 aromatic heterocycles. The monoisotopic (exact) mass is 221 g/mol. The Morgan fingerprint density at radius 1 is 1.06 bits per heavy atom. The van der Waals surface area contributed by atoms with Gasteiger partial charge in [-0.25, -0.2) is 0 Å². The van der Waals surface area contributed by atoms with Gasteiger partial charge in [-0.05, 0) is 44.5 Å². The van der Waals surface area contributed by atoms with Crippen LogP contribution >= 0.6 is 0 Å². The normalized spacial score (nSPS) is 11.8. The number of aliphatic imine (C=N–C) groups is 1. The lowest BCUT2D eigenvalue weighted by Gasteiger charge is -2.11. The molecule has 0 saturated heterocycles. The van der Waals surface area contributed by atoms with Gasteiger partial charge in [-0.2, -0.15) is 0 Å². The van der Waals surface area contributed by atoms with Crippen molar-refractivity contribution in [1.82, 2.24) is 0 Å². The van der Waals surface area contributed by atoms with Gasteiger partial charge in [-0.15, -0.1) is 0 Å². The van der Waals surface area contributed by atoms with E-state index in [2.05, 4.69) is 25.8 Å². The van der Waals surface area contributed by atoms with Crippen molar-refractivity contribution in [3.63, 3.8) is 0 Å². The molecule has 1 aromatic rings. The SMILES string of the molecule is COc1ccc(C=NC(C)(C)C)cc1OC. The Hall–Kier alpha value is -1.51. The molecule has 0 unspecified atom stereocenters. The summed E-state index contributed by atoms with van der Waals surface area (Å²) in [5.74, 6) is 1.45. The van der Waals surface area contributed by atoms with Crippen LogP contribution < -0.4 is 9.47 Å². The summed E-state index contributed by atoms with van der Waals surface area (Å²) in [5, 5.41) is 0. The van der Waals surface area contributed by atoms with E-state index in [0.717, 1.165) is 17.1 Å². The zero-order valence-electron chi connectivity index (χ0n) is 10.6. The third-order valence-corrected chi connectivity index (χ3v) is 2.01. The van der Waals surface area contributed by atoms with Gasteiger partial charge in [0.1, 0.15) is 0 Å². The molecule has 3 heteroatoms. The summed E-state index contributed by atoms with van der Waals surface area (Å²) < 4.78 is 10.4. The van der Waals surface area contributed by atoms with Gasteiger partial charge in [-0.1, -0.05) is 0 Å². The minimum Gasteiger partial charge on any atom is -0.493 e. The van der Waals surface area contributed by atoms with Crippen molar-refractivity contribution in [1.29, 1.82) is 0 Å². The summed E-state index contributed by atoms with van der Waals surface area (Å²) in [5.41, 5.74) is 0.945. The fourth-order valence-corrected chi connectivity index (χ4v) is 1.20. The van der Waals surface area contributed by atoms with Gasteiger partial charge in [0.05, 0.1) is 19.8 Å². The fourth-order valence-electron chi connectivity index (χ4n) is 1.20. The maximum absolute atomic E-state index is 5.22. The highest BCUT2D eigenvalue weighted by atomic mass is 16.5. The number of benzene rings is 1. The lowest BCUT2D eigenvalue weighted by atomic mass is 10.1. The molecule has 0 spiro atoms. The smallest absolute Gasteiger partial charge is 0.161 e. The Kier molecular flexibility index (Phi) is 3.93. The highest BCUT2D eigenvalue weighted by Gasteiger charge is 2.06. The van der Waals surface area contributed by atoms with Crippen molar-refractivity contribution in [2.45, 2.75) is 26.3 Å². The van der Waals surface area contributed by atoms with Crippen molar-refractivity contribution >= 4 is 6.21 Å². The molecule has 0 atom stereocenters. The molecule has 0 radical (unpaired) electrons. The molecule has 1 rings (SSSR count). The van der Waals surface area contributed by atoms with E-state index < -0.39 is 0 Å². The third-order valence-electron chi connectivity index (χ3n) is 2.01. The molecule has 0 bridgehead atoms. The maximum Gasteiger partial charge on any atom is 0.161 e. The Morgan fingerprint density at radius 3 is 2.19 bits per heavy atom. The first-order valence-corrected chi connectivity index (χ1v) is 5.23. The lowest BCUT2D eigenvalue weighted by molar-refractivity contribution is 0.355. The van der Waals surface area contributed by atoms with Crippen LogP contribution in [0, 0.1) is 0 Å². The molecule has 0 aliphatic carbocycles. The van der Waals surface area contributed by atoms with Crippen LogP contribution in [0.15, 0.2) is 23.2 Å². The van der Waals surface area contributed by atoms with Gasteiger partial charge < -0.3 is 9.47 Å². The first-order chi connectivity index (χ1) is 7.46. The van der Waals surface area contributed by atoms with E-state index in [1.165, 1.54) is 0 Å². The average Bonchev–Trinajstić information content (AvgIpc) is 2.25. The van der Waals surface area contributed by atoms with E-state index in [0.29, 0.717) is 0 Å². The largest absolute Gasteiger partial charge is 0.493 e. The van der Waals surface area contributed by atoms with Crippen LogP contribution in [0.25, 0.3) is 0 Å². The minimum atomic E-state index is -0.0623. The van der Waals surface area contributed by atoms with Crippen molar-refractivity contribution < 1.29 is 9.47 Å². The topological polar surface area (TPSA) is 30.8 Å². The molecule has 0 fully saturated rings. The summed E-state index contributed by atoms with van der Waals surface area (Å²) in [7, 11) is 3.25. The van der Waals surface area contributed by atoms with E-state index in [1.54, 1.807) is 14.2 Å². The highest BCUT2D eigenvalue weighted by Crippen LogP contribution is 2.27. The van der Waals surface area contributed by atoms with Gasteiger partial charge in [0.15, 0.2) is 11.5 Å². The van der Waals surface area contributed by atoms with Crippen LogP contribution in [-0.2, 0) is 0 Å². The zero-order valence-corrected chi connectivity index (χ0v) is 10.6. The lowest BCUT2D eigenvalue weighted by Crippen LogP contribution is -2.09. The minimum absolute atomic E-state index is 0.0623. The molecule has 1 aromatic carbocycles. The summed E-state index contributed by atoms with van der Waals surface area (Å²) in [4.78, 5) is 4.44. The van der Waals surface area contributed by atoms with E-state index in [4.69, 9.17) is 9.47 Å². The van der Waals surface area contributed by atoms with Crippen molar-refractivity contribution in [3.05, 3.63) is 23.8 Å². The number of nitrogens with zero attached hydrogens (tertiary/aromatic N) is 1. The van der Waals surface area contributed by atoms with Crippen LogP contribution in [-0.4, -0.2) is 26.0 Å². The fraction of sp³-hybridized carbons (Fsp3) is 0.462. The molecular weight excluding hydrogens is 202 g/mol. The number of hydrogen-bond acceptors (Lipinski definition) is 3. The van der Waals surface area contributed by atoms with Crippen LogP contribution in [0.1, 0.15) is 26.3 Å². The molecule has 0 amide bonds. The Balaban J connectivity index is 2.96. The molecule has 16 heavy (non-hydrogen) atoms. The van der Waals surface area contributed by atoms with Crippen LogP contribution in [0.3, 0.4) is 0 Å². The number of rotatable bonds is 3. The van der Waals surface area contributed by atoms with Crippen LogP contribution in [0.2, 0.25) is 0 Å². The summed E-state index contributed by atoms with van der Waals surface area (Å²) in [6.07, 6.45) is 1.85. The van der Waals surface area contributed by atoms with Gasteiger partial charge >= 0.3 is 0 Å². The Bertz CT molecular complexity index is 378. The summed E-state index contributed by atoms with van der Waals surface area (Å²) in [6, 6.07) is 5.74. The first kappa shape index (κ1) is 12.6. The molecule has 0 N–H and O–H groups in total. The molecule has 0 aliphatic heterocycles. The Labute approximate surface area is 97.1 Å². The summed E-state index contributed by atoms with van der Waals surface area (Å²) in [6.45, 7) is 6.18. The van der Waals surface area contributed by atoms with Crippen LogP contribution in [0.5, 0.6) is 11.5 Å². The second-order valence-corrected chi connectivity index (χ2v) is 4.54. The van der Waals surface area contributed by atoms with Crippen molar-refractivity contribution in [3.8, 4) is 11.5 Å². The second kappa shape index (κ2) is 5.01. The summed E-state index contributed by atoms with van der Waals surface area (Å²) >= 11 is 0. The predicted octanol–water partition coefficient (Wildman–Crippen LogP) is 2.92.